The summed E-state index contributed by atoms with van der Waals surface area (Å²) < 4.78 is 38.7. The fraction of sp³-hybridized carbons (Fsp3) is 0.647. The smallest absolute Gasteiger partial charge is 0.243 e. The van der Waals surface area contributed by atoms with Crippen molar-refractivity contribution in [2.24, 2.45) is 0 Å². The lowest BCUT2D eigenvalue weighted by molar-refractivity contribution is 0.0573. The van der Waals surface area contributed by atoms with Crippen molar-refractivity contribution in [1.82, 2.24) is 9.21 Å². The van der Waals surface area contributed by atoms with Gasteiger partial charge in [0.05, 0.1) is 11.5 Å². The molecule has 0 unspecified atom stereocenters. The Balaban J connectivity index is 2.23. The summed E-state index contributed by atoms with van der Waals surface area (Å²) in [6.07, 6.45) is 1.48. The number of hydrogen-bond donors (Lipinski definition) is 0. The quantitative estimate of drug-likeness (QED) is 0.711. The van der Waals surface area contributed by atoms with E-state index in [9.17, 15) is 8.42 Å². The van der Waals surface area contributed by atoms with Crippen LogP contribution in [0.4, 0.5) is 0 Å². The molecule has 24 heavy (non-hydrogen) atoms. The Bertz CT molecular complexity index is 596. The monoisotopic (exact) mass is 356 g/mol. The van der Waals surface area contributed by atoms with Gasteiger partial charge < -0.3 is 14.4 Å². The highest BCUT2D eigenvalue weighted by molar-refractivity contribution is 7.89. The first-order valence-corrected chi connectivity index (χ1v) is 9.86. The van der Waals surface area contributed by atoms with Gasteiger partial charge in [-0.3, -0.25) is 0 Å². The van der Waals surface area contributed by atoms with E-state index in [2.05, 4.69) is 0 Å². The van der Waals surface area contributed by atoms with Gasteiger partial charge in [0.1, 0.15) is 5.75 Å². The third kappa shape index (κ3) is 4.92. The lowest BCUT2D eigenvalue weighted by Gasteiger charge is -2.34. The Kier molecular flexibility index (Phi) is 7.03. The summed E-state index contributed by atoms with van der Waals surface area (Å²) in [5.41, 5.74) is 0. The Labute approximate surface area is 145 Å². The zero-order valence-electron chi connectivity index (χ0n) is 14.8. The molecule has 0 radical (unpaired) electrons. The highest BCUT2D eigenvalue weighted by Crippen LogP contribution is 2.25. The van der Waals surface area contributed by atoms with Gasteiger partial charge in [-0.2, -0.15) is 4.31 Å². The topological polar surface area (TPSA) is 59.1 Å². The molecule has 1 fully saturated rings. The van der Waals surface area contributed by atoms with Crippen LogP contribution in [-0.2, 0) is 14.8 Å². The average molecular weight is 356 g/mol. The Hall–Kier alpha value is -1.15. The Morgan fingerprint density at radius 3 is 2.29 bits per heavy atom. The van der Waals surface area contributed by atoms with Gasteiger partial charge in [-0.05, 0) is 58.1 Å². The predicted octanol–water partition coefficient (Wildman–Crippen LogP) is 1.82. The van der Waals surface area contributed by atoms with E-state index in [0.717, 1.165) is 12.8 Å². The van der Waals surface area contributed by atoms with Crippen LogP contribution in [0.5, 0.6) is 5.75 Å². The van der Waals surface area contributed by atoms with E-state index in [1.165, 1.54) is 0 Å². The third-order valence-electron chi connectivity index (χ3n) is 4.11. The van der Waals surface area contributed by atoms with Crippen molar-refractivity contribution in [3.63, 3.8) is 0 Å². The molecule has 0 bridgehead atoms. The molecular weight excluding hydrogens is 328 g/mol. The molecule has 1 saturated heterocycles. The molecule has 2 rings (SSSR count). The van der Waals surface area contributed by atoms with E-state index < -0.39 is 10.0 Å². The third-order valence-corrected chi connectivity index (χ3v) is 6.07. The lowest BCUT2D eigenvalue weighted by atomic mass is 10.1. The molecule has 0 N–H and O–H groups in total. The highest BCUT2D eigenvalue weighted by Gasteiger charge is 2.32. The van der Waals surface area contributed by atoms with E-state index >= 15 is 0 Å². The van der Waals surface area contributed by atoms with Crippen molar-refractivity contribution in [3.05, 3.63) is 24.3 Å². The lowest BCUT2D eigenvalue weighted by Crippen LogP contribution is -2.46. The number of hydrogen-bond acceptors (Lipinski definition) is 5. The molecule has 1 aromatic rings. The van der Waals surface area contributed by atoms with Crippen molar-refractivity contribution < 1.29 is 17.9 Å². The molecule has 0 atom stereocenters. The van der Waals surface area contributed by atoms with Crippen LogP contribution >= 0.6 is 0 Å². The van der Waals surface area contributed by atoms with Gasteiger partial charge in [-0.1, -0.05) is 0 Å². The summed E-state index contributed by atoms with van der Waals surface area (Å²) >= 11 is 0. The first-order chi connectivity index (χ1) is 11.4. The zero-order chi connectivity index (χ0) is 17.6. The van der Waals surface area contributed by atoms with Crippen molar-refractivity contribution in [1.29, 1.82) is 0 Å². The summed E-state index contributed by atoms with van der Waals surface area (Å²) in [6, 6.07) is 6.68. The molecule has 0 aromatic heterocycles. The minimum Gasteiger partial charge on any atom is -0.494 e. The number of rotatable bonds is 8. The SMILES string of the molecule is CCOc1ccc(S(=O)(=O)N(CCN(C)C)C2CCOCC2)cc1. The molecule has 1 heterocycles. The summed E-state index contributed by atoms with van der Waals surface area (Å²) in [6.45, 7) is 4.85. The van der Waals surface area contributed by atoms with Crippen LogP contribution in [0, 0.1) is 0 Å². The number of likely N-dealkylation sites (N-methyl/N-ethyl adjacent to an activating group) is 1. The van der Waals surface area contributed by atoms with E-state index in [-0.39, 0.29) is 6.04 Å². The summed E-state index contributed by atoms with van der Waals surface area (Å²) in [4.78, 5) is 2.32. The van der Waals surface area contributed by atoms with E-state index in [4.69, 9.17) is 9.47 Å². The van der Waals surface area contributed by atoms with Gasteiger partial charge in [0.15, 0.2) is 0 Å². The van der Waals surface area contributed by atoms with Gasteiger partial charge in [0.2, 0.25) is 10.0 Å². The first-order valence-electron chi connectivity index (χ1n) is 8.42. The normalized spacial score (nSPS) is 16.7. The number of nitrogens with zero attached hydrogens (tertiary/aromatic N) is 2. The van der Waals surface area contributed by atoms with Crippen LogP contribution in [0.1, 0.15) is 19.8 Å². The molecule has 0 aliphatic carbocycles. The molecule has 1 aliphatic heterocycles. The molecule has 6 nitrogen and oxygen atoms in total. The maximum atomic E-state index is 13.1. The number of benzene rings is 1. The number of ether oxygens (including phenoxy) is 2. The van der Waals surface area contributed by atoms with Crippen LogP contribution in [0.25, 0.3) is 0 Å². The van der Waals surface area contributed by atoms with Gasteiger partial charge >= 0.3 is 0 Å². The van der Waals surface area contributed by atoms with E-state index in [0.29, 0.717) is 43.6 Å². The van der Waals surface area contributed by atoms with Crippen LogP contribution in [-0.4, -0.2) is 70.7 Å². The van der Waals surface area contributed by atoms with Crippen LogP contribution in [0.2, 0.25) is 0 Å². The summed E-state index contributed by atoms with van der Waals surface area (Å²) in [5.74, 6) is 0.683. The fourth-order valence-electron chi connectivity index (χ4n) is 2.78. The zero-order valence-corrected chi connectivity index (χ0v) is 15.6. The minimum absolute atomic E-state index is 0.00438. The second kappa shape index (κ2) is 8.80. The van der Waals surface area contributed by atoms with E-state index in [1.807, 2.05) is 25.9 Å². The molecule has 1 aromatic carbocycles. The fourth-order valence-corrected chi connectivity index (χ4v) is 4.46. The van der Waals surface area contributed by atoms with Crippen LogP contribution < -0.4 is 4.74 Å². The Morgan fingerprint density at radius 1 is 1.12 bits per heavy atom. The predicted molar refractivity (Wildman–Crippen MR) is 93.9 cm³/mol. The summed E-state index contributed by atoms with van der Waals surface area (Å²) in [7, 11) is 0.368. The molecule has 1 aliphatic rings. The average Bonchev–Trinajstić information content (AvgIpc) is 2.56. The maximum Gasteiger partial charge on any atom is 0.243 e. The number of sulfonamides is 1. The van der Waals surface area contributed by atoms with Crippen molar-refractivity contribution in [2.75, 3.05) is 47.0 Å². The van der Waals surface area contributed by atoms with E-state index in [1.54, 1.807) is 28.6 Å². The maximum absolute atomic E-state index is 13.1. The first kappa shape index (κ1) is 19.2. The molecule has 7 heteroatoms. The second-order valence-electron chi connectivity index (χ2n) is 6.17. The second-order valence-corrected chi connectivity index (χ2v) is 8.06. The molecule has 0 saturated carbocycles. The van der Waals surface area contributed by atoms with Gasteiger partial charge in [0, 0.05) is 32.3 Å². The molecule has 136 valence electrons. The van der Waals surface area contributed by atoms with Crippen LogP contribution in [0.3, 0.4) is 0 Å². The summed E-state index contributed by atoms with van der Waals surface area (Å²) in [5, 5.41) is 0. The van der Waals surface area contributed by atoms with Gasteiger partial charge in [0.25, 0.3) is 0 Å². The van der Waals surface area contributed by atoms with Crippen molar-refractivity contribution >= 4 is 10.0 Å². The Morgan fingerprint density at radius 2 is 1.75 bits per heavy atom. The largest absolute Gasteiger partial charge is 0.494 e. The molecule has 0 spiro atoms. The molecular formula is C17H28N2O4S. The molecule has 0 amide bonds. The standard InChI is InChI=1S/C17H28N2O4S/c1-4-23-16-5-7-17(8-6-16)24(20,21)19(12-11-18(2)3)15-9-13-22-14-10-15/h5-8,15H,4,9-14H2,1-3H3. The van der Waals surface area contributed by atoms with Gasteiger partial charge in [-0.15, -0.1) is 0 Å². The minimum atomic E-state index is -3.53. The van der Waals surface area contributed by atoms with Crippen molar-refractivity contribution in [3.8, 4) is 5.75 Å². The van der Waals surface area contributed by atoms with Crippen LogP contribution in [0.15, 0.2) is 29.2 Å². The highest BCUT2D eigenvalue weighted by atomic mass is 32.2. The van der Waals surface area contributed by atoms with Gasteiger partial charge in [-0.25, -0.2) is 8.42 Å². The van der Waals surface area contributed by atoms with Crippen molar-refractivity contribution in [2.45, 2.75) is 30.7 Å².